The van der Waals surface area contributed by atoms with Gasteiger partial charge in [0.1, 0.15) is 0 Å². The Bertz CT molecular complexity index is 117. The van der Waals surface area contributed by atoms with Crippen LogP contribution in [0.15, 0.2) is 0 Å². The van der Waals surface area contributed by atoms with Crippen molar-refractivity contribution in [2.45, 2.75) is 58.3 Å². The summed E-state index contributed by atoms with van der Waals surface area (Å²) < 4.78 is 0. The number of hydrogen-bond acceptors (Lipinski definition) is 3. The van der Waals surface area contributed by atoms with Crippen molar-refractivity contribution in [3.05, 3.63) is 0 Å². The number of unbranched alkanes of at least 4 members (excludes halogenated alkanes) is 7. The molecular formula is C12H29N3. The van der Waals surface area contributed by atoms with E-state index >= 15 is 0 Å². The topological polar surface area (TPSA) is 55.3 Å². The van der Waals surface area contributed by atoms with Gasteiger partial charge >= 0.3 is 0 Å². The molecule has 0 fully saturated rings. The normalized spacial score (nSPS) is 11.2. The van der Waals surface area contributed by atoms with Crippen LogP contribution in [0.4, 0.5) is 0 Å². The van der Waals surface area contributed by atoms with Crippen LogP contribution in [-0.4, -0.2) is 24.6 Å². The van der Waals surface area contributed by atoms with Gasteiger partial charge in [-0.2, -0.15) is 0 Å². The van der Waals surface area contributed by atoms with Crippen molar-refractivity contribution in [1.29, 1.82) is 0 Å². The van der Waals surface area contributed by atoms with Crippen LogP contribution >= 0.6 is 0 Å². The molecule has 0 amide bonds. The third kappa shape index (κ3) is 11.8. The van der Waals surface area contributed by atoms with Gasteiger partial charge in [0.25, 0.3) is 0 Å². The van der Waals surface area contributed by atoms with Crippen molar-refractivity contribution < 1.29 is 0 Å². The standard InChI is InChI=1S/C12H29N3/c1-2-3-4-5-6-7-8-9-11-15(14)12-10-13/h2-14H2,1H3. The quantitative estimate of drug-likeness (QED) is 0.316. The second-order valence-corrected chi connectivity index (χ2v) is 4.30. The zero-order valence-corrected chi connectivity index (χ0v) is 10.4. The molecule has 0 aromatic heterocycles. The molecule has 0 heterocycles. The van der Waals surface area contributed by atoms with E-state index in [2.05, 4.69) is 6.92 Å². The Morgan fingerprint density at radius 3 is 1.87 bits per heavy atom. The molecule has 3 heteroatoms. The molecule has 0 spiro atoms. The first-order valence-electron chi connectivity index (χ1n) is 6.51. The molecule has 0 aliphatic heterocycles. The van der Waals surface area contributed by atoms with Gasteiger partial charge in [0.15, 0.2) is 0 Å². The van der Waals surface area contributed by atoms with E-state index in [1.807, 2.05) is 5.01 Å². The predicted molar refractivity (Wildman–Crippen MR) is 67.4 cm³/mol. The average Bonchev–Trinajstić information content (AvgIpc) is 2.22. The highest BCUT2D eigenvalue weighted by atomic mass is 15.4. The monoisotopic (exact) mass is 215 g/mol. The van der Waals surface area contributed by atoms with Gasteiger partial charge < -0.3 is 5.73 Å². The van der Waals surface area contributed by atoms with Gasteiger partial charge in [0, 0.05) is 19.6 Å². The molecule has 0 rings (SSSR count). The Morgan fingerprint density at radius 2 is 1.33 bits per heavy atom. The number of hydrogen-bond donors (Lipinski definition) is 2. The van der Waals surface area contributed by atoms with Crippen molar-refractivity contribution in [1.82, 2.24) is 5.01 Å². The van der Waals surface area contributed by atoms with Gasteiger partial charge in [-0.25, -0.2) is 5.01 Å². The molecule has 3 nitrogen and oxygen atoms in total. The van der Waals surface area contributed by atoms with E-state index in [0.29, 0.717) is 6.54 Å². The van der Waals surface area contributed by atoms with E-state index in [-0.39, 0.29) is 0 Å². The van der Waals surface area contributed by atoms with Crippen LogP contribution in [0.3, 0.4) is 0 Å². The van der Waals surface area contributed by atoms with E-state index in [4.69, 9.17) is 11.6 Å². The van der Waals surface area contributed by atoms with Crippen LogP contribution < -0.4 is 11.6 Å². The highest BCUT2D eigenvalue weighted by Crippen LogP contribution is 2.08. The van der Waals surface area contributed by atoms with Gasteiger partial charge in [-0.1, -0.05) is 51.9 Å². The highest BCUT2D eigenvalue weighted by molar-refractivity contribution is 4.51. The summed E-state index contributed by atoms with van der Waals surface area (Å²) in [6, 6.07) is 0. The highest BCUT2D eigenvalue weighted by Gasteiger charge is 1.96. The van der Waals surface area contributed by atoms with Crippen LogP contribution in [0.5, 0.6) is 0 Å². The first kappa shape index (κ1) is 14.9. The Hall–Kier alpha value is -0.120. The molecule has 0 unspecified atom stereocenters. The number of nitrogens with zero attached hydrogens (tertiary/aromatic N) is 1. The fourth-order valence-electron chi connectivity index (χ4n) is 1.73. The van der Waals surface area contributed by atoms with Crippen LogP contribution in [0, 0.1) is 0 Å². The molecule has 0 aromatic carbocycles. The minimum atomic E-state index is 0.660. The van der Waals surface area contributed by atoms with Crippen molar-refractivity contribution in [2.24, 2.45) is 11.6 Å². The SMILES string of the molecule is CCCCCCCCCCN(N)CCN. The molecule has 0 saturated heterocycles. The van der Waals surface area contributed by atoms with Crippen molar-refractivity contribution in [2.75, 3.05) is 19.6 Å². The number of rotatable bonds is 11. The fourth-order valence-corrected chi connectivity index (χ4v) is 1.73. The molecule has 0 atom stereocenters. The van der Waals surface area contributed by atoms with Crippen LogP contribution in [0.1, 0.15) is 58.3 Å². The third-order valence-electron chi connectivity index (χ3n) is 2.72. The summed E-state index contributed by atoms with van der Waals surface area (Å²) in [5.41, 5.74) is 5.41. The van der Waals surface area contributed by atoms with Gasteiger partial charge in [0.2, 0.25) is 0 Å². The van der Waals surface area contributed by atoms with E-state index in [9.17, 15) is 0 Å². The van der Waals surface area contributed by atoms with E-state index in [1.165, 1.54) is 51.4 Å². The summed E-state index contributed by atoms with van der Waals surface area (Å²) in [6.45, 7) is 4.73. The molecule has 4 N–H and O–H groups in total. The summed E-state index contributed by atoms with van der Waals surface area (Å²) in [4.78, 5) is 0. The Balaban J connectivity index is 2.98. The Labute approximate surface area is 95.2 Å². The Kier molecular flexibility index (Phi) is 11.9. The van der Waals surface area contributed by atoms with Gasteiger partial charge in [-0.05, 0) is 6.42 Å². The molecular weight excluding hydrogens is 186 g/mol. The van der Waals surface area contributed by atoms with Crippen molar-refractivity contribution in [3.8, 4) is 0 Å². The van der Waals surface area contributed by atoms with Gasteiger partial charge in [-0.3, -0.25) is 5.84 Å². The minimum absolute atomic E-state index is 0.660. The molecule has 0 aromatic rings. The lowest BCUT2D eigenvalue weighted by molar-refractivity contribution is 0.283. The molecule has 0 saturated carbocycles. The summed E-state index contributed by atoms with van der Waals surface area (Å²) in [6.07, 6.45) is 10.8. The molecule has 15 heavy (non-hydrogen) atoms. The minimum Gasteiger partial charge on any atom is -0.329 e. The van der Waals surface area contributed by atoms with E-state index < -0.39 is 0 Å². The smallest absolute Gasteiger partial charge is 0.0251 e. The largest absolute Gasteiger partial charge is 0.329 e. The number of hydrazine groups is 1. The molecule has 0 bridgehead atoms. The maximum atomic E-state index is 5.72. The van der Waals surface area contributed by atoms with E-state index in [0.717, 1.165) is 13.1 Å². The maximum Gasteiger partial charge on any atom is 0.0251 e. The van der Waals surface area contributed by atoms with Crippen LogP contribution in [0.2, 0.25) is 0 Å². The second kappa shape index (κ2) is 12.0. The lowest BCUT2D eigenvalue weighted by Crippen LogP contribution is -2.36. The summed E-state index contributed by atoms with van der Waals surface area (Å²) in [5, 5.41) is 1.83. The first-order chi connectivity index (χ1) is 7.31. The zero-order valence-electron chi connectivity index (χ0n) is 10.4. The summed E-state index contributed by atoms with van der Waals surface area (Å²) in [7, 11) is 0. The van der Waals surface area contributed by atoms with Crippen LogP contribution in [-0.2, 0) is 0 Å². The first-order valence-corrected chi connectivity index (χ1v) is 6.51. The van der Waals surface area contributed by atoms with Gasteiger partial charge in [-0.15, -0.1) is 0 Å². The molecule has 92 valence electrons. The fraction of sp³-hybridized carbons (Fsp3) is 1.00. The summed E-state index contributed by atoms with van der Waals surface area (Å²) >= 11 is 0. The maximum absolute atomic E-state index is 5.72. The third-order valence-corrected chi connectivity index (χ3v) is 2.72. The second-order valence-electron chi connectivity index (χ2n) is 4.30. The number of nitrogens with two attached hydrogens (primary N) is 2. The van der Waals surface area contributed by atoms with Crippen molar-refractivity contribution in [3.63, 3.8) is 0 Å². The Morgan fingerprint density at radius 1 is 0.800 bits per heavy atom. The average molecular weight is 215 g/mol. The molecule has 0 aliphatic rings. The van der Waals surface area contributed by atoms with Crippen LogP contribution in [0.25, 0.3) is 0 Å². The summed E-state index contributed by atoms with van der Waals surface area (Å²) in [5.74, 6) is 5.72. The van der Waals surface area contributed by atoms with Gasteiger partial charge in [0.05, 0.1) is 0 Å². The molecule has 0 aliphatic carbocycles. The predicted octanol–water partition coefficient (Wildman–Crippen LogP) is 2.26. The lowest BCUT2D eigenvalue weighted by atomic mass is 10.1. The zero-order chi connectivity index (χ0) is 11.4. The van der Waals surface area contributed by atoms with Crippen molar-refractivity contribution >= 4 is 0 Å². The lowest BCUT2D eigenvalue weighted by Gasteiger charge is -2.14. The van der Waals surface area contributed by atoms with E-state index in [1.54, 1.807) is 0 Å². The molecule has 0 radical (unpaired) electrons.